The molecule has 0 radical (unpaired) electrons. The quantitative estimate of drug-likeness (QED) is 0.783. The van der Waals surface area contributed by atoms with Crippen molar-refractivity contribution in [2.75, 3.05) is 16.8 Å². The van der Waals surface area contributed by atoms with Crippen LogP contribution in [0.3, 0.4) is 0 Å². The summed E-state index contributed by atoms with van der Waals surface area (Å²) in [5.41, 5.74) is 0.495. The molecule has 0 saturated heterocycles. The second-order valence-electron chi connectivity index (χ2n) is 4.80. The summed E-state index contributed by atoms with van der Waals surface area (Å²) >= 11 is 0. The van der Waals surface area contributed by atoms with Crippen LogP contribution in [0.25, 0.3) is 0 Å². The summed E-state index contributed by atoms with van der Waals surface area (Å²) < 4.78 is 28.7. The zero-order chi connectivity index (χ0) is 16.7. The van der Waals surface area contributed by atoms with Crippen molar-refractivity contribution in [1.82, 2.24) is 5.32 Å². The number of amides is 2. The molecule has 122 valence electrons. The number of carbonyl (C=O) groups excluding carboxylic acids is 2. The van der Waals surface area contributed by atoms with E-state index in [1.807, 2.05) is 0 Å². The van der Waals surface area contributed by atoms with E-state index in [9.17, 15) is 18.0 Å². The molecular weight excluding hydrogens is 320 g/mol. The van der Waals surface area contributed by atoms with E-state index < -0.39 is 33.2 Å². The van der Waals surface area contributed by atoms with Gasteiger partial charge in [0.1, 0.15) is 17.3 Å². The zero-order valence-corrected chi connectivity index (χ0v) is 13.0. The minimum Gasteiger partial charge on any atom is -0.467 e. The van der Waals surface area contributed by atoms with Crippen LogP contribution in [0.15, 0.2) is 53.1 Å². The summed E-state index contributed by atoms with van der Waals surface area (Å²) in [5.74, 6) is -2.37. The maximum absolute atomic E-state index is 11.9. The van der Waals surface area contributed by atoms with Crippen LogP contribution in [-0.4, -0.2) is 31.7 Å². The van der Waals surface area contributed by atoms with Crippen LogP contribution in [0.5, 0.6) is 0 Å². The van der Waals surface area contributed by atoms with Gasteiger partial charge in [0.15, 0.2) is 9.84 Å². The van der Waals surface area contributed by atoms with E-state index >= 15 is 0 Å². The largest absolute Gasteiger partial charge is 0.467 e. The van der Waals surface area contributed by atoms with Gasteiger partial charge in [-0.2, -0.15) is 0 Å². The highest BCUT2D eigenvalue weighted by Gasteiger charge is 2.21. The van der Waals surface area contributed by atoms with E-state index in [-0.39, 0.29) is 6.54 Å². The second-order valence-corrected chi connectivity index (χ2v) is 6.87. The zero-order valence-electron chi connectivity index (χ0n) is 12.2. The van der Waals surface area contributed by atoms with Gasteiger partial charge in [0.25, 0.3) is 0 Å². The number of para-hydroxylation sites is 1. The summed E-state index contributed by atoms with van der Waals surface area (Å²) in [6.07, 6.45) is 1.45. The third kappa shape index (κ3) is 5.95. The molecule has 2 N–H and O–H groups in total. The molecule has 7 nitrogen and oxygen atoms in total. The van der Waals surface area contributed by atoms with Crippen molar-refractivity contribution in [3.63, 3.8) is 0 Å². The fourth-order valence-corrected chi connectivity index (χ4v) is 2.89. The van der Waals surface area contributed by atoms with Gasteiger partial charge in [-0.15, -0.1) is 0 Å². The molecule has 0 aliphatic carbocycles. The minimum atomic E-state index is -3.85. The van der Waals surface area contributed by atoms with Crippen molar-refractivity contribution >= 4 is 27.3 Å². The Morgan fingerprint density at radius 2 is 1.65 bits per heavy atom. The molecule has 1 aromatic heterocycles. The lowest BCUT2D eigenvalue weighted by molar-refractivity contribution is -0.118. The second kappa shape index (κ2) is 7.59. The molecule has 0 atom stereocenters. The van der Waals surface area contributed by atoms with Crippen LogP contribution in [0.4, 0.5) is 5.69 Å². The number of sulfone groups is 1. The van der Waals surface area contributed by atoms with Crippen molar-refractivity contribution in [1.29, 1.82) is 0 Å². The van der Waals surface area contributed by atoms with E-state index in [1.165, 1.54) is 6.26 Å². The number of nitrogens with one attached hydrogen (secondary N) is 2. The third-order valence-corrected chi connectivity index (χ3v) is 4.20. The van der Waals surface area contributed by atoms with Crippen molar-refractivity contribution < 1.29 is 22.4 Å². The van der Waals surface area contributed by atoms with Gasteiger partial charge in [0, 0.05) is 5.69 Å². The Kier molecular flexibility index (Phi) is 5.53. The van der Waals surface area contributed by atoms with Crippen LogP contribution in [0.2, 0.25) is 0 Å². The predicted molar refractivity (Wildman–Crippen MR) is 84.3 cm³/mol. The van der Waals surface area contributed by atoms with E-state index in [1.54, 1.807) is 42.5 Å². The van der Waals surface area contributed by atoms with Crippen molar-refractivity contribution in [2.45, 2.75) is 6.54 Å². The summed E-state index contributed by atoms with van der Waals surface area (Å²) in [6, 6.07) is 11.8. The molecule has 0 fully saturated rings. The third-order valence-electron chi connectivity index (χ3n) is 2.80. The number of rotatable bonds is 7. The average molecular weight is 336 g/mol. The van der Waals surface area contributed by atoms with Gasteiger partial charge in [0.2, 0.25) is 11.8 Å². The van der Waals surface area contributed by atoms with Crippen LogP contribution in [-0.2, 0) is 26.0 Å². The maximum Gasteiger partial charge on any atom is 0.239 e. The summed E-state index contributed by atoms with van der Waals surface area (Å²) in [7, 11) is -3.85. The van der Waals surface area contributed by atoms with E-state index in [0.29, 0.717) is 11.4 Å². The Morgan fingerprint density at radius 3 is 2.30 bits per heavy atom. The van der Waals surface area contributed by atoms with Gasteiger partial charge in [-0.1, -0.05) is 18.2 Å². The molecular formula is C15H16N2O5S. The van der Waals surface area contributed by atoms with Gasteiger partial charge in [-0.3, -0.25) is 9.59 Å². The summed E-state index contributed by atoms with van der Waals surface area (Å²) in [4.78, 5) is 23.3. The maximum atomic E-state index is 11.9. The van der Waals surface area contributed by atoms with Crippen LogP contribution in [0, 0.1) is 0 Å². The smallest absolute Gasteiger partial charge is 0.239 e. The van der Waals surface area contributed by atoms with Gasteiger partial charge >= 0.3 is 0 Å². The lowest BCUT2D eigenvalue weighted by Crippen LogP contribution is -2.33. The first kappa shape index (κ1) is 16.8. The van der Waals surface area contributed by atoms with E-state index in [4.69, 9.17) is 4.42 Å². The van der Waals surface area contributed by atoms with E-state index in [0.717, 1.165) is 0 Å². The molecule has 0 saturated carbocycles. The van der Waals surface area contributed by atoms with Crippen molar-refractivity contribution in [3.8, 4) is 0 Å². The summed E-state index contributed by atoms with van der Waals surface area (Å²) in [6.45, 7) is 0.0948. The normalized spacial score (nSPS) is 11.0. The van der Waals surface area contributed by atoms with Gasteiger partial charge < -0.3 is 15.1 Å². The Labute approximate surface area is 133 Å². The number of carbonyl (C=O) groups is 2. The topological polar surface area (TPSA) is 105 Å². The van der Waals surface area contributed by atoms with Crippen LogP contribution in [0.1, 0.15) is 5.76 Å². The van der Waals surface area contributed by atoms with Crippen LogP contribution < -0.4 is 10.6 Å². The Morgan fingerprint density at radius 1 is 0.957 bits per heavy atom. The minimum absolute atomic E-state index is 0.0948. The summed E-state index contributed by atoms with van der Waals surface area (Å²) in [5, 5.41) is 4.88. The first-order valence-electron chi connectivity index (χ1n) is 6.79. The van der Waals surface area contributed by atoms with Crippen LogP contribution >= 0.6 is 0 Å². The standard InChI is InChI=1S/C15H16N2O5S/c18-14(16-9-13-7-4-8-22-13)10-23(20,21)11-15(19)17-12-5-2-1-3-6-12/h1-8H,9-11H2,(H,16,18)(H,17,19). The van der Waals surface area contributed by atoms with Gasteiger partial charge in [-0.25, -0.2) is 8.42 Å². The molecule has 2 amide bonds. The van der Waals surface area contributed by atoms with Gasteiger partial charge in [0.05, 0.1) is 12.8 Å². The molecule has 23 heavy (non-hydrogen) atoms. The highest BCUT2D eigenvalue weighted by molar-refractivity contribution is 7.92. The molecule has 2 rings (SSSR count). The molecule has 1 heterocycles. The Bertz CT molecular complexity index is 754. The van der Waals surface area contributed by atoms with Crippen molar-refractivity contribution in [2.24, 2.45) is 0 Å². The first-order valence-corrected chi connectivity index (χ1v) is 8.61. The molecule has 0 bridgehead atoms. The molecule has 8 heteroatoms. The molecule has 0 unspecified atom stereocenters. The fraction of sp³-hybridized carbons (Fsp3) is 0.200. The lowest BCUT2D eigenvalue weighted by atomic mass is 10.3. The monoisotopic (exact) mass is 336 g/mol. The highest BCUT2D eigenvalue weighted by Crippen LogP contribution is 2.05. The number of benzene rings is 1. The molecule has 0 spiro atoms. The van der Waals surface area contributed by atoms with Crippen molar-refractivity contribution in [3.05, 3.63) is 54.5 Å². The SMILES string of the molecule is O=C(CS(=O)(=O)CC(=O)Nc1ccccc1)NCc1ccco1. The number of hydrogen-bond acceptors (Lipinski definition) is 5. The number of furan rings is 1. The Hall–Kier alpha value is -2.61. The molecule has 2 aromatic rings. The lowest BCUT2D eigenvalue weighted by Gasteiger charge is -2.07. The number of hydrogen-bond donors (Lipinski definition) is 2. The molecule has 0 aliphatic heterocycles. The van der Waals surface area contributed by atoms with E-state index in [2.05, 4.69) is 10.6 Å². The average Bonchev–Trinajstić information content (AvgIpc) is 2.98. The fourth-order valence-electron chi connectivity index (χ4n) is 1.82. The number of anilines is 1. The highest BCUT2D eigenvalue weighted by atomic mass is 32.2. The molecule has 1 aromatic carbocycles. The first-order chi connectivity index (χ1) is 10.9. The predicted octanol–water partition coefficient (Wildman–Crippen LogP) is 0.949. The molecule has 0 aliphatic rings. The Balaban J connectivity index is 1.81. The van der Waals surface area contributed by atoms with Gasteiger partial charge in [-0.05, 0) is 24.3 Å².